The number of imidazole rings is 1. The number of carbonyl (C=O) groups excluding carboxylic acids is 1. The van der Waals surface area contributed by atoms with Crippen molar-refractivity contribution in [3.05, 3.63) is 89.5 Å². The first-order valence-electron chi connectivity index (χ1n) is 10.7. The van der Waals surface area contributed by atoms with Crippen LogP contribution in [0.25, 0.3) is 11.0 Å². The highest BCUT2D eigenvalue weighted by molar-refractivity contribution is 7.98. The van der Waals surface area contributed by atoms with Crippen LogP contribution < -0.4 is 5.32 Å². The van der Waals surface area contributed by atoms with E-state index in [2.05, 4.69) is 14.9 Å². The highest BCUT2D eigenvalue weighted by Crippen LogP contribution is 2.27. The van der Waals surface area contributed by atoms with Crippen molar-refractivity contribution in [2.24, 2.45) is 0 Å². The van der Waals surface area contributed by atoms with Crippen molar-refractivity contribution in [3.63, 3.8) is 0 Å². The van der Waals surface area contributed by atoms with Crippen LogP contribution in [0.5, 0.6) is 0 Å². The third-order valence-corrected chi connectivity index (χ3v) is 6.21. The van der Waals surface area contributed by atoms with Crippen LogP contribution in [-0.2, 0) is 17.0 Å². The summed E-state index contributed by atoms with van der Waals surface area (Å²) in [6, 6.07) is 16.0. The lowest BCUT2D eigenvalue weighted by Crippen LogP contribution is -2.25. The van der Waals surface area contributed by atoms with E-state index in [-0.39, 0.29) is 11.7 Å². The van der Waals surface area contributed by atoms with Crippen LogP contribution in [0.15, 0.2) is 72.1 Å². The molecule has 0 bridgehead atoms. The molecule has 0 unspecified atom stereocenters. The number of ether oxygens (including phenoxy) is 1. The molecule has 0 fully saturated rings. The van der Waals surface area contributed by atoms with Gasteiger partial charge in [0.05, 0.1) is 23.8 Å². The molecule has 0 aliphatic heterocycles. The minimum absolute atomic E-state index is 0.0844. The van der Waals surface area contributed by atoms with E-state index in [1.165, 1.54) is 12.1 Å². The van der Waals surface area contributed by atoms with Gasteiger partial charge in [0.2, 0.25) is 0 Å². The van der Waals surface area contributed by atoms with Crippen molar-refractivity contribution in [3.8, 4) is 0 Å². The SMILES string of the molecule is COCCCNC(=O)c1ccc(CSc2nc3ccncc3n2Cc2ccc(F)cc2)cc1. The van der Waals surface area contributed by atoms with Gasteiger partial charge in [0.15, 0.2) is 5.16 Å². The van der Waals surface area contributed by atoms with E-state index >= 15 is 0 Å². The van der Waals surface area contributed by atoms with E-state index in [9.17, 15) is 9.18 Å². The zero-order chi connectivity index (χ0) is 23.0. The van der Waals surface area contributed by atoms with E-state index in [4.69, 9.17) is 9.72 Å². The summed E-state index contributed by atoms with van der Waals surface area (Å²) in [6.07, 6.45) is 4.31. The van der Waals surface area contributed by atoms with Crippen molar-refractivity contribution in [1.82, 2.24) is 19.9 Å². The topological polar surface area (TPSA) is 69.0 Å². The third kappa shape index (κ3) is 5.97. The molecule has 0 saturated carbocycles. The summed E-state index contributed by atoms with van der Waals surface area (Å²) in [7, 11) is 1.65. The van der Waals surface area contributed by atoms with Gasteiger partial charge in [-0.3, -0.25) is 9.78 Å². The Kier molecular flexibility index (Phi) is 7.70. The van der Waals surface area contributed by atoms with E-state index in [0.29, 0.717) is 31.0 Å². The van der Waals surface area contributed by atoms with Gasteiger partial charge in [-0.2, -0.15) is 0 Å². The second-order valence-corrected chi connectivity index (χ2v) is 8.50. The first-order chi connectivity index (χ1) is 16.1. The Morgan fingerprint density at radius 1 is 1.09 bits per heavy atom. The minimum atomic E-state index is -0.252. The highest BCUT2D eigenvalue weighted by atomic mass is 32.2. The maximum atomic E-state index is 13.3. The fourth-order valence-electron chi connectivity index (χ4n) is 3.40. The van der Waals surface area contributed by atoms with Crippen molar-refractivity contribution in [1.29, 1.82) is 0 Å². The molecule has 2 heterocycles. The second-order valence-electron chi connectivity index (χ2n) is 7.56. The Morgan fingerprint density at radius 2 is 1.85 bits per heavy atom. The number of methoxy groups -OCH3 is 1. The van der Waals surface area contributed by atoms with E-state index in [0.717, 1.165) is 33.7 Å². The lowest BCUT2D eigenvalue weighted by molar-refractivity contribution is 0.0948. The third-order valence-electron chi connectivity index (χ3n) is 5.16. The van der Waals surface area contributed by atoms with Gasteiger partial charge in [-0.1, -0.05) is 36.0 Å². The number of benzene rings is 2. The molecule has 170 valence electrons. The van der Waals surface area contributed by atoms with E-state index in [1.54, 1.807) is 43.4 Å². The number of thioether (sulfide) groups is 1. The fourth-order valence-corrected chi connectivity index (χ4v) is 4.37. The highest BCUT2D eigenvalue weighted by Gasteiger charge is 2.13. The van der Waals surface area contributed by atoms with Gasteiger partial charge in [-0.15, -0.1) is 0 Å². The number of nitrogens with one attached hydrogen (secondary N) is 1. The van der Waals surface area contributed by atoms with E-state index < -0.39 is 0 Å². The molecule has 0 aliphatic rings. The van der Waals surface area contributed by atoms with Crippen LogP contribution in [-0.4, -0.2) is 40.7 Å². The van der Waals surface area contributed by atoms with Crippen molar-refractivity contribution in [2.75, 3.05) is 20.3 Å². The van der Waals surface area contributed by atoms with Crippen LogP contribution in [0.2, 0.25) is 0 Å². The van der Waals surface area contributed by atoms with Crippen LogP contribution >= 0.6 is 11.8 Å². The summed E-state index contributed by atoms with van der Waals surface area (Å²) in [5.74, 6) is 0.368. The zero-order valence-electron chi connectivity index (χ0n) is 18.3. The molecule has 0 saturated heterocycles. The van der Waals surface area contributed by atoms with Crippen molar-refractivity contribution >= 4 is 28.7 Å². The van der Waals surface area contributed by atoms with Gasteiger partial charge >= 0.3 is 0 Å². The lowest BCUT2D eigenvalue weighted by atomic mass is 10.1. The molecule has 1 N–H and O–H groups in total. The summed E-state index contributed by atoms with van der Waals surface area (Å²) < 4.78 is 20.4. The Bertz CT molecular complexity index is 1210. The van der Waals surface area contributed by atoms with Crippen molar-refractivity contribution in [2.45, 2.75) is 23.9 Å². The number of carbonyl (C=O) groups is 1. The molecule has 2 aromatic carbocycles. The van der Waals surface area contributed by atoms with Crippen LogP contribution in [0, 0.1) is 5.82 Å². The molecule has 8 heteroatoms. The predicted octanol–water partition coefficient (Wildman–Crippen LogP) is 4.68. The number of halogens is 1. The quantitative estimate of drug-likeness (QED) is 0.273. The number of hydrogen-bond donors (Lipinski definition) is 1. The zero-order valence-corrected chi connectivity index (χ0v) is 19.1. The number of hydrogen-bond acceptors (Lipinski definition) is 5. The monoisotopic (exact) mass is 464 g/mol. The Balaban J connectivity index is 1.44. The summed E-state index contributed by atoms with van der Waals surface area (Å²) in [5.41, 5.74) is 4.52. The Labute approximate surface area is 196 Å². The van der Waals surface area contributed by atoms with Gasteiger partial charge in [-0.05, 0) is 47.9 Å². The number of aromatic nitrogens is 3. The molecule has 33 heavy (non-hydrogen) atoms. The van der Waals surface area contributed by atoms with Gasteiger partial charge in [-0.25, -0.2) is 9.37 Å². The summed E-state index contributed by atoms with van der Waals surface area (Å²) in [6.45, 7) is 1.79. The fraction of sp³-hybridized carbons (Fsp3) is 0.240. The normalized spacial score (nSPS) is 11.1. The minimum Gasteiger partial charge on any atom is -0.385 e. The maximum absolute atomic E-state index is 13.3. The molecule has 0 atom stereocenters. The molecule has 6 nitrogen and oxygen atoms in total. The largest absolute Gasteiger partial charge is 0.385 e. The van der Waals surface area contributed by atoms with Crippen LogP contribution in [0.1, 0.15) is 27.9 Å². The number of fused-ring (bicyclic) bond motifs is 1. The molecule has 4 rings (SSSR count). The van der Waals surface area contributed by atoms with Gasteiger partial charge < -0.3 is 14.6 Å². The predicted molar refractivity (Wildman–Crippen MR) is 128 cm³/mol. The number of rotatable bonds is 10. The molecular weight excluding hydrogens is 439 g/mol. The number of nitrogens with zero attached hydrogens (tertiary/aromatic N) is 3. The summed E-state index contributed by atoms with van der Waals surface area (Å²) in [4.78, 5) is 21.3. The average molecular weight is 465 g/mol. The van der Waals surface area contributed by atoms with Gasteiger partial charge in [0, 0.05) is 37.8 Å². The molecule has 2 aromatic heterocycles. The second kappa shape index (κ2) is 11.1. The van der Waals surface area contributed by atoms with Crippen molar-refractivity contribution < 1.29 is 13.9 Å². The van der Waals surface area contributed by atoms with Crippen LogP contribution in [0.3, 0.4) is 0 Å². The molecule has 0 spiro atoms. The summed E-state index contributed by atoms with van der Waals surface area (Å²) in [5, 5.41) is 3.76. The standard InChI is InChI=1S/C25H25FN4O2S/c1-32-14-2-12-28-24(31)20-7-3-19(4-8-20)17-33-25-29-22-11-13-27-15-23(22)30(25)16-18-5-9-21(26)10-6-18/h3-11,13,15H,2,12,14,16-17H2,1H3,(H,28,31). The van der Waals surface area contributed by atoms with Crippen LogP contribution in [0.4, 0.5) is 4.39 Å². The molecule has 1 amide bonds. The molecular formula is C25H25FN4O2S. The first-order valence-corrected chi connectivity index (χ1v) is 11.7. The summed E-state index contributed by atoms with van der Waals surface area (Å²) >= 11 is 1.62. The van der Waals surface area contributed by atoms with Gasteiger partial charge in [0.25, 0.3) is 5.91 Å². The smallest absolute Gasteiger partial charge is 0.251 e. The Hall–Kier alpha value is -3.23. The molecule has 4 aromatic rings. The number of pyridine rings is 1. The lowest BCUT2D eigenvalue weighted by Gasteiger charge is -2.10. The first kappa shape index (κ1) is 22.9. The molecule has 0 aliphatic carbocycles. The average Bonchev–Trinajstić information content (AvgIpc) is 3.19. The Morgan fingerprint density at radius 3 is 2.61 bits per heavy atom. The van der Waals surface area contributed by atoms with Gasteiger partial charge in [0.1, 0.15) is 5.82 Å². The molecule has 0 radical (unpaired) electrons. The maximum Gasteiger partial charge on any atom is 0.251 e. The van der Waals surface area contributed by atoms with E-state index in [1.807, 2.05) is 30.3 Å². The number of amides is 1.